The highest BCUT2D eigenvalue weighted by Crippen LogP contribution is 2.22. The maximum absolute atomic E-state index is 5.94. The first kappa shape index (κ1) is 15.3. The summed E-state index contributed by atoms with van der Waals surface area (Å²) in [7, 11) is 1.69. The minimum absolute atomic E-state index is 0.0152. The molecule has 0 fully saturated rings. The Kier molecular flexibility index (Phi) is 7.09. The van der Waals surface area contributed by atoms with Crippen molar-refractivity contribution in [1.82, 2.24) is 5.32 Å². The topological polar surface area (TPSA) is 30.5 Å². The van der Waals surface area contributed by atoms with Gasteiger partial charge in [0, 0.05) is 18.7 Å². The van der Waals surface area contributed by atoms with Crippen LogP contribution in [-0.2, 0) is 4.74 Å². The lowest BCUT2D eigenvalue weighted by molar-refractivity contribution is 0.0803. The predicted octanol–water partition coefficient (Wildman–Crippen LogP) is 3.04. The lowest BCUT2D eigenvalue weighted by Gasteiger charge is -2.20. The van der Waals surface area contributed by atoms with Gasteiger partial charge in [0.15, 0.2) is 0 Å². The van der Waals surface area contributed by atoms with Gasteiger partial charge in [0.2, 0.25) is 0 Å². The van der Waals surface area contributed by atoms with E-state index in [9.17, 15) is 0 Å². The fourth-order valence-electron chi connectivity index (χ4n) is 1.68. The molecule has 3 nitrogen and oxygen atoms in total. The molecular weight excluding hydrogens is 250 g/mol. The highest BCUT2D eigenvalue weighted by atomic mass is 35.5. The van der Waals surface area contributed by atoms with Gasteiger partial charge in [-0.05, 0) is 43.7 Å². The molecule has 0 amide bonds. The molecule has 0 spiro atoms. The zero-order valence-corrected chi connectivity index (χ0v) is 12.1. The van der Waals surface area contributed by atoms with Crippen LogP contribution in [0.3, 0.4) is 0 Å². The molecule has 4 heteroatoms. The van der Waals surface area contributed by atoms with E-state index in [0.717, 1.165) is 35.8 Å². The third-order valence-electron chi connectivity index (χ3n) is 2.58. The molecule has 102 valence electrons. The number of ether oxygens (including phenoxy) is 2. The fourth-order valence-corrected chi connectivity index (χ4v) is 1.91. The molecule has 18 heavy (non-hydrogen) atoms. The second-order valence-electron chi connectivity index (χ2n) is 4.31. The number of hydrogen-bond donors (Lipinski definition) is 1. The molecular formula is C14H22ClNO2. The second kappa shape index (κ2) is 8.35. The van der Waals surface area contributed by atoms with E-state index in [-0.39, 0.29) is 6.10 Å². The first-order valence-electron chi connectivity index (χ1n) is 6.29. The van der Waals surface area contributed by atoms with Gasteiger partial charge in [-0.15, -0.1) is 0 Å². The van der Waals surface area contributed by atoms with Crippen molar-refractivity contribution in [2.75, 3.05) is 26.8 Å². The van der Waals surface area contributed by atoms with Crippen molar-refractivity contribution in [1.29, 1.82) is 0 Å². The van der Waals surface area contributed by atoms with Crippen LogP contribution in [0.25, 0.3) is 0 Å². The average molecular weight is 272 g/mol. The molecule has 0 heterocycles. The molecule has 1 unspecified atom stereocenters. The van der Waals surface area contributed by atoms with Crippen LogP contribution in [-0.4, -0.2) is 32.9 Å². The molecule has 0 bridgehead atoms. The van der Waals surface area contributed by atoms with Crippen LogP contribution in [0, 0.1) is 6.92 Å². The zero-order chi connectivity index (χ0) is 13.4. The van der Waals surface area contributed by atoms with Gasteiger partial charge >= 0.3 is 0 Å². The smallest absolute Gasteiger partial charge is 0.134 e. The molecule has 1 aromatic carbocycles. The number of hydrogen-bond acceptors (Lipinski definition) is 3. The van der Waals surface area contributed by atoms with Gasteiger partial charge in [-0.2, -0.15) is 0 Å². The molecule has 1 rings (SSSR count). The zero-order valence-electron chi connectivity index (χ0n) is 11.3. The molecule has 0 aromatic heterocycles. The molecule has 0 saturated heterocycles. The van der Waals surface area contributed by atoms with Gasteiger partial charge in [-0.3, -0.25) is 0 Å². The second-order valence-corrected chi connectivity index (χ2v) is 4.75. The van der Waals surface area contributed by atoms with E-state index >= 15 is 0 Å². The lowest BCUT2D eigenvalue weighted by Crippen LogP contribution is -2.35. The number of nitrogens with one attached hydrogen (secondary N) is 1. The Labute approximate surface area is 114 Å². The van der Waals surface area contributed by atoms with Crippen molar-refractivity contribution >= 4 is 11.6 Å². The van der Waals surface area contributed by atoms with Crippen molar-refractivity contribution in [2.45, 2.75) is 26.4 Å². The minimum Gasteiger partial charge on any atom is -0.486 e. The van der Waals surface area contributed by atoms with Crippen LogP contribution < -0.4 is 10.1 Å². The number of rotatable bonds is 8. The van der Waals surface area contributed by atoms with Gasteiger partial charge in [0.1, 0.15) is 11.9 Å². The standard InChI is InChI=1S/C14H22ClNO2/c1-4-7-16-9-13(10-17-3)18-14-6-5-12(15)8-11(14)2/h5-6,8,13,16H,4,7,9-10H2,1-3H3. The van der Waals surface area contributed by atoms with Crippen molar-refractivity contribution in [3.05, 3.63) is 28.8 Å². The van der Waals surface area contributed by atoms with Gasteiger partial charge in [0.05, 0.1) is 6.61 Å². The van der Waals surface area contributed by atoms with Crippen LogP contribution >= 0.6 is 11.6 Å². The van der Waals surface area contributed by atoms with E-state index < -0.39 is 0 Å². The van der Waals surface area contributed by atoms with Crippen molar-refractivity contribution < 1.29 is 9.47 Å². The Hall–Kier alpha value is -0.770. The molecule has 0 saturated carbocycles. The monoisotopic (exact) mass is 271 g/mol. The third kappa shape index (κ3) is 5.25. The van der Waals surface area contributed by atoms with E-state index in [2.05, 4.69) is 12.2 Å². The summed E-state index contributed by atoms with van der Waals surface area (Å²) in [5.74, 6) is 0.861. The Morgan fingerprint density at radius 2 is 2.17 bits per heavy atom. The number of halogens is 1. The van der Waals surface area contributed by atoms with Gasteiger partial charge in [-0.1, -0.05) is 18.5 Å². The first-order valence-corrected chi connectivity index (χ1v) is 6.67. The van der Waals surface area contributed by atoms with E-state index in [1.165, 1.54) is 0 Å². The van der Waals surface area contributed by atoms with Gasteiger partial charge in [-0.25, -0.2) is 0 Å². The van der Waals surface area contributed by atoms with Gasteiger partial charge < -0.3 is 14.8 Å². The number of methoxy groups -OCH3 is 1. The molecule has 1 aromatic rings. The Balaban J connectivity index is 2.58. The number of aryl methyl sites for hydroxylation is 1. The summed E-state index contributed by atoms with van der Waals surface area (Å²) >= 11 is 5.92. The summed E-state index contributed by atoms with van der Waals surface area (Å²) in [5, 5.41) is 4.07. The van der Waals surface area contributed by atoms with Gasteiger partial charge in [0.25, 0.3) is 0 Å². The average Bonchev–Trinajstić information content (AvgIpc) is 2.33. The molecule has 1 N–H and O–H groups in total. The Morgan fingerprint density at radius 1 is 1.39 bits per heavy atom. The Bertz CT molecular complexity index is 358. The molecule has 0 aliphatic carbocycles. The highest BCUT2D eigenvalue weighted by Gasteiger charge is 2.11. The SMILES string of the molecule is CCCNCC(COC)Oc1ccc(Cl)cc1C. The number of benzene rings is 1. The molecule has 0 radical (unpaired) electrons. The van der Waals surface area contributed by atoms with E-state index in [1.54, 1.807) is 7.11 Å². The highest BCUT2D eigenvalue weighted by molar-refractivity contribution is 6.30. The summed E-state index contributed by atoms with van der Waals surface area (Å²) in [5.41, 5.74) is 1.04. The summed E-state index contributed by atoms with van der Waals surface area (Å²) < 4.78 is 11.1. The summed E-state index contributed by atoms with van der Waals surface area (Å²) in [4.78, 5) is 0. The summed E-state index contributed by atoms with van der Waals surface area (Å²) in [6.07, 6.45) is 1.13. The van der Waals surface area contributed by atoms with Crippen molar-refractivity contribution in [3.63, 3.8) is 0 Å². The fraction of sp³-hybridized carbons (Fsp3) is 0.571. The quantitative estimate of drug-likeness (QED) is 0.737. The van der Waals surface area contributed by atoms with Crippen molar-refractivity contribution in [3.8, 4) is 5.75 Å². The first-order chi connectivity index (χ1) is 8.67. The summed E-state index contributed by atoms with van der Waals surface area (Å²) in [6, 6.07) is 5.65. The van der Waals surface area contributed by atoms with Crippen LogP contribution in [0.1, 0.15) is 18.9 Å². The van der Waals surface area contributed by atoms with Crippen LogP contribution in [0.4, 0.5) is 0 Å². The van der Waals surface area contributed by atoms with E-state index in [4.69, 9.17) is 21.1 Å². The Morgan fingerprint density at radius 3 is 2.78 bits per heavy atom. The van der Waals surface area contributed by atoms with Crippen LogP contribution in [0.5, 0.6) is 5.75 Å². The third-order valence-corrected chi connectivity index (χ3v) is 2.82. The lowest BCUT2D eigenvalue weighted by atomic mass is 10.2. The summed E-state index contributed by atoms with van der Waals surface area (Å²) in [6.45, 7) is 6.47. The maximum Gasteiger partial charge on any atom is 0.134 e. The normalized spacial score (nSPS) is 12.4. The minimum atomic E-state index is 0.0152. The van der Waals surface area contributed by atoms with Crippen LogP contribution in [0.15, 0.2) is 18.2 Å². The largest absolute Gasteiger partial charge is 0.486 e. The van der Waals surface area contributed by atoms with E-state index in [0.29, 0.717) is 6.61 Å². The van der Waals surface area contributed by atoms with Crippen molar-refractivity contribution in [2.24, 2.45) is 0 Å². The molecule has 1 atom stereocenters. The maximum atomic E-state index is 5.94. The van der Waals surface area contributed by atoms with Crippen LogP contribution in [0.2, 0.25) is 5.02 Å². The molecule has 0 aliphatic heterocycles. The van der Waals surface area contributed by atoms with E-state index in [1.807, 2.05) is 25.1 Å². The molecule has 0 aliphatic rings. The predicted molar refractivity (Wildman–Crippen MR) is 75.6 cm³/mol.